The monoisotopic (exact) mass is 523 g/mol. The van der Waals surface area contributed by atoms with Crippen molar-refractivity contribution in [2.75, 3.05) is 63.0 Å². The number of aryl methyl sites for hydroxylation is 1. The van der Waals surface area contributed by atoms with E-state index in [0.717, 1.165) is 56.8 Å². The Bertz CT molecular complexity index is 1240. The van der Waals surface area contributed by atoms with Crippen LogP contribution in [0, 0.1) is 0 Å². The molecule has 1 fully saturated rings. The number of carbonyl (C=O) groups is 2. The van der Waals surface area contributed by atoms with Crippen molar-refractivity contribution in [2.24, 2.45) is 0 Å². The first-order valence-corrected chi connectivity index (χ1v) is 13.7. The predicted molar refractivity (Wildman–Crippen MR) is 146 cm³/mol. The minimum atomic E-state index is -0.812. The second kappa shape index (κ2) is 11.8. The van der Waals surface area contributed by atoms with Crippen LogP contribution in [0.4, 0.5) is 16.2 Å². The van der Waals surface area contributed by atoms with Crippen LogP contribution in [-0.4, -0.2) is 70.1 Å². The Labute approximate surface area is 221 Å². The summed E-state index contributed by atoms with van der Waals surface area (Å²) in [6.45, 7) is 5.76. The van der Waals surface area contributed by atoms with Gasteiger partial charge in [-0.2, -0.15) is 0 Å². The fourth-order valence-corrected chi connectivity index (χ4v) is 5.83. The van der Waals surface area contributed by atoms with Crippen LogP contribution in [0.3, 0.4) is 0 Å². The summed E-state index contributed by atoms with van der Waals surface area (Å²) < 4.78 is 16.9. The van der Waals surface area contributed by atoms with Gasteiger partial charge in [-0.15, -0.1) is 11.3 Å². The van der Waals surface area contributed by atoms with Gasteiger partial charge in [-0.25, -0.2) is 4.79 Å². The van der Waals surface area contributed by atoms with Crippen LogP contribution in [0.25, 0.3) is 10.1 Å². The highest BCUT2D eigenvalue weighted by Crippen LogP contribution is 2.32. The molecular formula is C28H33N3O5S. The number of methoxy groups -OCH3 is 1. The molecule has 0 N–H and O–H groups in total. The van der Waals surface area contributed by atoms with Crippen molar-refractivity contribution in [3.05, 3.63) is 53.4 Å². The minimum Gasteiger partial charge on any atom is -0.494 e. The maximum absolute atomic E-state index is 12.4. The maximum atomic E-state index is 12.4. The van der Waals surface area contributed by atoms with Crippen LogP contribution < -0.4 is 14.5 Å². The van der Waals surface area contributed by atoms with Gasteiger partial charge < -0.3 is 19.1 Å². The zero-order chi connectivity index (χ0) is 25.6. The highest BCUT2D eigenvalue weighted by molar-refractivity contribution is 7.17. The molecular weight excluding hydrogens is 490 g/mol. The highest BCUT2D eigenvalue weighted by Gasteiger charge is 2.26. The molecule has 0 atom stereocenters. The van der Waals surface area contributed by atoms with Gasteiger partial charge in [0, 0.05) is 54.4 Å². The molecule has 2 aromatic carbocycles. The molecule has 0 bridgehead atoms. The van der Waals surface area contributed by atoms with Gasteiger partial charge in [0.1, 0.15) is 5.75 Å². The molecule has 1 saturated heterocycles. The van der Waals surface area contributed by atoms with Crippen LogP contribution >= 0.6 is 11.3 Å². The number of piperazine rings is 1. The van der Waals surface area contributed by atoms with Crippen molar-refractivity contribution < 1.29 is 23.8 Å². The number of fused-ring (bicyclic) bond motifs is 2. The molecule has 0 radical (unpaired) electrons. The maximum Gasteiger partial charge on any atom is 0.509 e. The Morgan fingerprint density at radius 3 is 2.70 bits per heavy atom. The van der Waals surface area contributed by atoms with Crippen molar-refractivity contribution in [2.45, 2.75) is 25.7 Å². The highest BCUT2D eigenvalue weighted by atomic mass is 32.1. The fourth-order valence-electron chi connectivity index (χ4n) is 5.02. The average molecular weight is 524 g/mol. The SMILES string of the molecule is COC(=O)OCN1C(=O)CCc2ccc(OCCCCN3CCN(c4cccc5sccc45)CC3)cc21. The molecule has 3 heterocycles. The largest absolute Gasteiger partial charge is 0.509 e. The molecule has 196 valence electrons. The standard InChI is InChI=1S/C28H33N3O5S/c1-34-28(33)36-20-31-25-19-22(9-7-21(25)8-10-27(31)32)35-17-3-2-12-29-13-15-30(16-14-29)24-5-4-6-26-23(24)11-18-37-26/h4-7,9,11,18-19H,2-3,8,10,12-17,20H2,1H3. The molecule has 5 rings (SSSR count). The van der Waals surface area contributed by atoms with Gasteiger partial charge in [0.15, 0.2) is 6.73 Å². The van der Waals surface area contributed by atoms with E-state index >= 15 is 0 Å². The summed E-state index contributed by atoms with van der Waals surface area (Å²) in [5.41, 5.74) is 3.12. The molecule has 0 spiro atoms. The van der Waals surface area contributed by atoms with E-state index in [2.05, 4.69) is 44.2 Å². The second-order valence-electron chi connectivity index (χ2n) is 9.33. The number of carbonyl (C=O) groups excluding carboxylic acids is 2. The zero-order valence-electron chi connectivity index (χ0n) is 21.2. The summed E-state index contributed by atoms with van der Waals surface area (Å²) in [6, 6.07) is 14.6. The normalized spacial score (nSPS) is 16.1. The molecule has 1 amide bonds. The van der Waals surface area contributed by atoms with E-state index in [0.29, 0.717) is 25.2 Å². The summed E-state index contributed by atoms with van der Waals surface area (Å²) in [4.78, 5) is 30.3. The van der Waals surface area contributed by atoms with E-state index in [9.17, 15) is 9.59 Å². The lowest BCUT2D eigenvalue weighted by Crippen LogP contribution is -2.46. The second-order valence-corrected chi connectivity index (χ2v) is 10.3. The molecule has 8 nitrogen and oxygen atoms in total. The first-order valence-electron chi connectivity index (χ1n) is 12.8. The minimum absolute atomic E-state index is 0.0827. The van der Waals surface area contributed by atoms with E-state index in [-0.39, 0.29) is 12.6 Å². The van der Waals surface area contributed by atoms with Crippen LogP contribution in [0.1, 0.15) is 24.8 Å². The third-order valence-electron chi connectivity index (χ3n) is 7.06. The molecule has 2 aliphatic rings. The van der Waals surface area contributed by atoms with Gasteiger partial charge in [0.2, 0.25) is 5.91 Å². The predicted octanol–water partition coefficient (Wildman–Crippen LogP) is 4.90. The number of anilines is 2. The Morgan fingerprint density at radius 1 is 1.00 bits per heavy atom. The van der Waals surface area contributed by atoms with Crippen molar-refractivity contribution in [1.29, 1.82) is 0 Å². The van der Waals surface area contributed by atoms with E-state index in [1.54, 1.807) is 11.3 Å². The zero-order valence-corrected chi connectivity index (χ0v) is 22.0. The Balaban J connectivity index is 1.06. The molecule has 3 aromatic rings. The van der Waals surface area contributed by atoms with E-state index in [1.807, 2.05) is 18.2 Å². The van der Waals surface area contributed by atoms with Gasteiger partial charge in [-0.1, -0.05) is 12.1 Å². The van der Waals surface area contributed by atoms with E-state index < -0.39 is 6.16 Å². The lowest BCUT2D eigenvalue weighted by Gasteiger charge is -2.36. The number of thiophene rings is 1. The molecule has 0 saturated carbocycles. The fraction of sp³-hybridized carbons (Fsp3) is 0.429. The molecule has 1 aromatic heterocycles. The lowest BCUT2D eigenvalue weighted by molar-refractivity contribution is -0.119. The molecule has 37 heavy (non-hydrogen) atoms. The van der Waals surface area contributed by atoms with Crippen LogP contribution in [-0.2, 0) is 20.7 Å². The van der Waals surface area contributed by atoms with Crippen LogP contribution in [0.5, 0.6) is 5.75 Å². The van der Waals surface area contributed by atoms with Crippen molar-refractivity contribution in [3.63, 3.8) is 0 Å². The molecule has 2 aliphatic heterocycles. The number of rotatable bonds is 9. The summed E-state index contributed by atoms with van der Waals surface area (Å²) >= 11 is 1.80. The number of hydrogen-bond donors (Lipinski definition) is 0. The third-order valence-corrected chi connectivity index (χ3v) is 7.94. The van der Waals surface area contributed by atoms with Crippen molar-refractivity contribution in [1.82, 2.24) is 4.90 Å². The number of amides is 1. The van der Waals surface area contributed by atoms with Gasteiger partial charge in [-0.3, -0.25) is 14.6 Å². The number of unbranched alkanes of at least 4 members (excludes halogenated alkanes) is 1. The first kappa shape index (κ1) is 25.4. The summed E-state index contributed by atoms with van der Waals surface area (Å²) in [7, 11) is 1.24. The van der Waals surface area contributed by atoms with Crippen LogP contribution in [0.15, 0.2) is 47.8 Å². The van der Waals surface area contributed by atoms with Crippen molar-refractivity contribution >= 4 is 44.9 Å². The summed E-state index contributed by atoms with van der Waals surface area (Å²) in [6.07, 6.45) is 2.27. The van der Waals surface area contributed by atoms with Gasteiger partial charge in [0.25, 0.3) is 0 Å². The number of ether oxygens (including phenoxy) is 3. The summed E-state index contributed by atoms with van der Waals surface area (Å²) in [5, 5.41) is 3.54. The summed E-state index contributed by atoms with van der Waals surface area (Å²) in [5.74, 6) is 0.633. The Kier molecular flexibility index (Phi) is 8.11. The first-order chi connectivity index (χ1) is 18.1. The van der Waals surface area contributed by atoms with Gasteiger partial charge in [0.05, 0.1) is 19.4 Å². The van der Waals surface area contributed by atoms with E-state index in [1.165, 1.54) is 27.8 Å². The molecule has 9 heteroatoms. The van der Waals surface area contributed by atoms with Crippen LogP contribution in [0.2, 0.25) is 0 Å². The quantitative estimate of drug-likeness (QED) is 0.292. The van der Waals surface area contributed by atoms with E-state index in [4.69, 9.17) is 9.47 Å². The number of hydrogen-bond acceptors (Lipinski definition) is 8. The average Bonchev–Trinajstić information content (AvgIpc) is 3.42. The lowest BCUT2D eigenvalue weighted by atomic mass is 10.0. The third kappa shape index (κ3) is 5.99. The smallest absolute Gasteiger partial charge is 0.494 e. The Morgan fingerprint density at radius 2 is 1.86 bits per heavy atom. The Hall–Kier alpha value is -3.30. The molecule has 0 aliphatic carbocycles. The number of benzene rings is 2. The topological polar surface area (TPSA) is 71.5 Å². The molecule has 0 unspecified atom stereocenters. The van der Waals surface area contributed by atoms with Crippen molar-refractivity contribution in [3.8, 4) is 5.75 Å². The van der Waals surface area contributed by atoms with Gasteiger partial charge in [-0.05, 0) is 61.0 Å². The number of nitrogens with zero attached hydrogens (tertiary/aromatic N) is 3. The van der Waals surface area contributed by atoms with Gasteiger partial charge >= 0.3 is 6.16 Å².